The minimum absolute atomic E-state index is 0.150. The van der Waals surface area contributed by atoms with Gasteiger partial charge in [-0.1, -0.05) is 71.1 Å². The van der Waals surface area contributed by atoms with E-state index in [0.29, 0.717) is 13.0 Å². The third-order valence-corrected chi connectivity index (χ3v) is 4.23. The van der Waals surface area contributed by atoms with Gasteiger partial charge >= 0.3 is 0 Å². The number of carbonyl (C=O) groups excluding carboxylic acids is 1. The zero-order chi connectivity index (χ0) is 16.6. The molecule has 22 heavy (non-hydrogen) atoms. The fraction of sp³-hybridized carbons (Fsp3) is 0.842. The Labute approximate surface area is 138 Å². The lowest BCUT2D eigenvalue weighted by molar-refractivity contribution is -0.121. The Hall–Kier alpha value is -0.990. The Morgan fingerprint density at radius 3 is 1.73 bits per heavy atom. The van der Waals surface area contributed by atoms with Gasteiger partial charge in [0, 0.05) is 18.7 Å². The molecule has 0 aromatic rings. The summed E-state index contributed by atoms with van der Waals surface area (Å²) in [4.78, 5) is 11.7. The maximum absolute atomic E-state index is 11.7. The lowest BCUT2D eigenvalue weighted by Crippen LogP contribution is -2.25. The Balaban J connectivity index is 3.29. The summed E-state index contributed by atoms with van der Waals surface area (Å²) in [6.07, 6.45) is 15.1. The van der Waals surface area contributed by atoms with Crippen molar-refractivity contribution < 1.29 is 4.79 Å². The molecule has 3 nitrogen and oxygen atoms in total. The number of carbonyl (C=O) groups is 1. The van der Waals surface area contributed by atoms with Crippen molar-refractivity contribution >= 4 is 5.91 Å². The summed E-state index contributed by atoms with van der Waals surface area (Å²) in [7, 11) is 0. The van der Waals surface area contributed by atoms with Crippen molar-refractivity contribution in [2.45, 2.75) is 97.8 Å². The highest BCUT2D eigenvalue weighted by molar-refractivity contribution is 5.76. The number of amides is 1. The highest BCUT2D eigenvalue weighted by atomic mass is 16.1. The van der Waals surface area contributed by atoms with Gasteiger partial charge in [0.05, 0.1) is 0 Å². The average molecular weight is 311 g/mol. The predicted octanol–water partition coefficient (Wildman–Crippen LogP) is 5.06. The molecule has 0 aliphatic heterocycles. The Morgan fingerprint density at radius 1 is 0.818 bits per heavy atom. The van der Waals surface area contributed by atoms with Crippen molar-refractivity contribution in [3.63, 3.8) is 0 Å². The van der Waals surface area contributed by atoms with E-state index in [1.54, 1.807) is 0 Å². The number of nitrogens with one attached hydrogen (secondary N) is 1. The van der Waals surface area contributed by atoms with Gasteiger partial charge in [0.2, 0.25) is 5.91 Å². The molecule has 130 valence electrons. The van der Waals surface area contributed by atoms with Crippen molar-refractivity contribution in [1.82, 2.24) is 5.32 Å². The van der Waals surface area contributed by atoms with Gasteiger partial charge in [-0.3, -0.25) is 4.79 Å². The van der Waals surface area contributed by atoms with Crippen LogP contribution in [0.2, 0.25) is 0 Å². The summed E-state index contributed by atoms with van der Waals surface area (Å²) in [5.74, 6) is 0.150. The van der Waals surface area contributed by atoms with E-state index in [1.165, 1.54) is 64.2 Å². The Morgan fingerprint density at radius 2 is 1.27 bits per heavy atom. The second kappa shape index (κ2) is 14.9. The minimum Gasteiger partial charge on any atom is -0.402 e. The molecular weight excluding hydrogens is 272 g/mol. The fourth-order valence-electron chi connectivity index (χ4n) is 2.41. The maximum Gasteiger partial charge on any atom is 0.220 e. The van der Waals surface area contributed by atoms with Gasteiger partial charge in [-0.15, -0.1) is 0 Å². The van der Waals surface area contributed by atoms with Crippen molar-refractivity contribution in [2.75, 3.05) is 6.54 Å². The van der Waals surface area contributed by atoms with Crippen LogP contribution in [0, 0.1) is 0 Å². The Bertz CT molecular complexity index is 307. The van der Waals surface area contributed by atoms with E-state index in [4.69, 9.17) is 5.73 Å². The Kier molecular flexibility index (Phi) is 14.3. The topological polar surface area (TPSA) is 55.1 Å². The van der Waals surface area contributed by atoms with Crippen LogP contribution >= 0.6 is 0 Å². The van der Waals surface area contributed by atoms with Crippen LogP contribution < -0.4 is 11.1 Å². The highest BCUT2D eigenvalue weighted by Gasteiger charge is 2.01. The van der Waals surface area contributed by atoms with E-state index in [2.05, 4.69) is 12.2 Å². The smallest absolute Gasteiger partial charge is 0.220 e. The van der Waals surface area contributed by atoms with Gasteiger partial charge in [0.1, 0.15) is 0 Å². The average Bonchev–Trinajstić information content (AvgIpc) is 2.50. The number of hydrogen-bond acceptors (Lipinski definition) is 2. The number of unbranched alkanes of at least 4 members (excludes halogenated alkanes) is 10. The molecule has 3 N–H and O–H groups in total. The van der Waals surface area contributed by atoms with Crippen LogP contribution in [0.4, 0.5) is 0 Å². The molecule has 0 heterocycles. The van der Waals surface area contributed by atoms with E-state index < -0.39 is 0 Å². The van der Waals surface area contributed by atoms with Crippen LogP contribution in [0.5, 0.6) is 0 Å². The predicted molar refractivity (Wildman–Crippen MR) is 96.6 cm³/mol. The van der Waals surface area contributed by atoms with Crippen LogP contribution in [0.3, 0.4) is 0 Å². The number of hydrogen-bond donors (Lipinski definition) is 2. The third kappa shape index (κ3) is 14.0. The molecule has 0 aliphatic carbocycles. The van der Waals surface area contributed by atoms with Gasteiger partial charge in [-0.25, -0.2) is 0 Å². The van der Waals surface area contributed by atoms with Gasteiger partial charge in [-0.05, 0) is 25.8 Å². The highest BCUT2D eigenvalue weighted by Crippen LogP contribution is 2.11. The van der Waals surface area contributed by atoms with Gasteiger partial charge < -0.3 is 11.1 Å². The molecule has 0 aliphatic rings. The molecule has 0 unspecified atom stereocenters. The summed E-state index contributed by atoms with van der Waals surface area (Å²) in [5.41, 5.74) is 7.51. The molecule has 0 aromatic carbocycles. The SMILES string of the molecule is CCCCCCCCCCCCCC(=O)NCC(C)=C(C)N. The zero-order valence-electron chi connectivity index (χ0n) is 15.2. The van der Waals surface area contributed by atoms with Gasteiger partial charge in [-0.2, -0.15) is 0 Å². The molecule has 0 spiro atoms. The van der Waals surface area contributed by atoms with E-state index in [-0.39, 0.29) is 5.91 Å². The van der Waals surface area contributed by atoms with E-state index in [9.17, 15) is 4.79 Å². The van der Waals surface area contributed by atoms with Crippen molar-refractivity contribution in [3.05, 3.63) is 11.3 Å². The van der Waals surface area contributed by atoms with Gasteiger partial charge in [0.25, 0.3) is 0 Å². The van der Waals surface area contributed by atoms with Crippen LogP contribution in [-0.4, -0.2) is 12.5 Å². The van der Waals surface area contributed by atoms with E-state index >= 15 is 0 Å². The van der Waals surface area contributed by atoms with Crippen LogP contribution in [0.15, 0.2) is 11.3 Å². The quantitative estimate of drug-likeness (QED) is 0.441. The van der Waals surface area contributed by atoms with Crippen molar-refractivity contribution in [1.29, 1.82) is 0 Å². The molecule has 0 rings (SSSR count). The van der Waals surface area contributed by atoms with Crippen LogP contribution in [-0.2, 0) is 4.79 Å². The molecule has 0 atom stereocenters. The van der Waals surface area contributed by atoms with Crippen LogP contribution in [0.25, 0.3) is 0 Å². The van der Waals surface area contributed by atoms with Crippen molar-refractivity contribution in [3.8, 4) is 0 Å². The fourth-order valence-corrected chi connectivity index (χ4v) is 2.41. The molecule has 1 amide bonds. The lowest BCUT2D eigenvalue weighted by atomic mass is 10.1. The summed E-state index contributed by atoms with van der Waals surface area (Å²) >= 11 is 0. The number of rotatable bonds is 14. The minimum atomic E-state index is 0.150. The van der Waals surface area contributed by atoms with Crippen LogP contribution in [0.1, 0.15) is 97.8 Å². The zero-order valence-corrected chi connectivity index (χ0v) is 15.2. The molecule has 0 bridgehead atoms. The molecule has 0 fully saturated rings. The molecular formula is C19H38N2O. The van der Waals surface area contributed by atoms with E-state index in [0.717, 1.165) is 17.7 Å². The lowest BCUT2D eigenvalue weighted by Gasteiger charge is -2.07. The van der Waals surface area contributed by atoms with E-state index in [1.807, 2.05) is 13.8 Å². The largest absolute Gasteiger partial charge is 0.402 e. The first-order valence-electron chi connectivity index (χ1n) is 9.26. The maximum atomic E-state index is 11.7. The monoisotopic (exact) mass is 310 g/mol. The van der Waals surface area contributed by atoms with Gasteiger partial charge in [0.15, 0.2) is 0 Å². The third-order valence-electron chi connectivity index (χ3n) is 4.23. The molecule has 3 heteroatoms. The first-order valence-corrected chi connectivity index (χ1v) is 9.26. The second-order valence-corrected chi connectivity index (χ2v) is 6.53. The summed E-state index contributed by atoms with van der Waals surface area (Å²) in [6, 6.07) is 0. The normalized spacial score (nSPS) is 12.1. The second-order valence-electron chi connectivity index (χ2n) is 6.53. The molecule has 0 saturated heterocycles. The molecule has 0 saturated carbocycles. The number of allylic oxidation sites excluding steroid dienone is 1. The standard InChI is InChI=1S/C19H38N2O/c1-4-5-6-7-8-9-10-11-12-13-14-15-19(22)21-16-17(2)18(3)20/h4-16,20H2,1-3H3,(H,21,22). The first kappa shape index (κ1) is 21.0. The molecule has 0 radical (unpaired) electrons. The summed E-state index contributed by atoms with van der Waals surface area (Å²) in [6.45, 7) is 6.67. The summed E-state index contributed by atoms with van der Waals surface area (Å²) < 4.78 is 0. The summed E-state index contributed by atoms with van der Waals surface area (Å²) in [5, 5.41) is 2.92. The molecule has 0 aromatic heterocycles. The van der Waals surface area contributed by atoms with Crippen molar-refractivity contribution in [2.24, 2.45) is 5.73 Å². The number of nitrogens with two attached hydrogens (primary N) is 1. The first-order chi connectivity index (χ1) is 10.6.